The molecule has 0 saturated heterocycles. The van der Waals surface area contributed by atoms with Crippen molar-refractivity contribution < 1.29 is 14.6 Å². The topological polar surface area (TPSA) is 143 Å². The standard InChI is InChI=1S/C19H20N8O3/c1-11-7-22-19(24-14-9-27(5-6-28)26-18(14)30-2)25-15(11)13-8-21-16-12(13)3-4-20-17(16)23-10-29/h3-4,7-10,21,28H,5-6H2,1-2H3,(H,20,23,29)(H,22,24,25). The fourth-order valence-corrected chi connectivity index (χ4v) is 3.17. The van der Waals surface area contributed by atoms with Crippen molar-refractivity contribution in [3.05, 3.63) is 36.4 Å². The number of anilines is 3. The summed E-state index contributed by atoms with van der Waals surface area (Å²) in [4.78, 5) is 27.2. The molecule has 4 aromatic rings. The number of H-pyrrole nitrogens is 1. The number of aromatic amines is 1. The molecule has 0 spiro atoms. The van der Waals surface area contributed by atoms with Gasteiger partial charge in [0.2, 0.25) is 12.4 Å². The van der Waals surface area contributed by atoms with E-state index in [1.54, 1.807) is 23.3 Å². The van der Waals surface area contributed by atoms with Crippen molar-refractivity contribution in [2.75, 3.05) is 24.4 Å². The SMILES string of the molecule is COc1nn(CCO)cc1Nc1ncc(C)c(-c2c[nH]c3c(NC=O)nccc23)n1. The number of aliphatic hydroxyl groups excluding tert-OH is 1. The molecule has 4 heterocycles. The number of aryl methyl sites for hydroxylation is 1. The minimum absolute atomic E-state index is 0.0359. The Morgan fingerprint density at radius 2 is 2.23 bits per heavy atom. The number of nitrogens with one attached hydrogen (secondary N) is 3. The molecular formula is C19H20N8O3. The van der Waals surface area contributed by atoms with Crippen LogP contribution in [0.1, 0.15) is 5.56 Å². The summed E-state index contributed by atoms with van der Waals surface area (Å²) in [6, 6.07) is 1.85. The Morgan fingerprint density at radius 1 is 1.37 bits per heavy atom. The summed E-state index contributed by atoms with van der Waals surface area (Å²) in [7, 11) is 1.52. The van der Waals surface area contributed by atoms with Crippen molar-refractivity contribution >= 4 is 34.8 Å². The first-order valence-electron chi connectivity index (χ1n) is 9.14. The van der Waals surface area contributed by atoms with E-state index in [1.807, 2.05) is 19.2 Å². The van der Waals surface area contributed by atoms with Gasteiger partial charge in [0, 0.05) is 29.5 Å². The first-order valence-corrected chi connectivity index (χ1v) is 9.14. The lowest BCUT2D eigenvalue weighted by Gasteiger charge is -2.08. The molecule has 0 atom stereocenters. The quantitative estimate of drug-likeness (QED) is 0.323. The number of amides is 1. The van der Waals surface area contributed by atoms with E-state index in [4.69, 9.17) is 9.84 Å². The molecule has 0 radical (unpaired) electrons. The van der Waals surface area contributed by atoms with E-state index in [2.05, 4.69) is 35.7 Å². The van der Waals surface area contributed by atoms with E-state index in [0.29, 0.717) is 41.8 Å². The Labute approximate surface area is 171 Å². The maximum absolute atomic E-state index is 10.8. The van der Waals surface area contributed by atoms with Crippen molar-refractivity contribution in [3.8, 4) is 17.1 Å². The predicted octanol–water partition coefficient (Wildman–Crippen LogP) is 1.84. The first-order chi connectivity index (χ1) is 14.6. The number of nitrogens with zero attached hydrogens (tertiary/aromatic N) is 5. The Kier molecular flexibility index (Phi) is 5.26. The van der Waals surface area contributed by atoms with Gasteiger partial charge in [-0.1, -0.05) is 0 Å². The molecule has 0 bridgehead atoms. The number of aliphatic hydroxyl groups is 1. The Bertz CT molecular complexity index is 1200. The molecule has 0 unspecified atom stereocenters. The number of rotatable bonds is 8. The lowest BCUT2D eigenvalue weighted by atomic mass is 10.1. The molecule has 4 rings (SSSR count). The van der Waals surface area contributed by atoms with Crippen molar-refractivity contribution in [2.24, 2.45) is 0 Å². The van der Waals surface area contributed by atoms with E-state index < -0.39 is 0 Å². The predicted molar refractivity (Wildman–Crippen MR) is 111 cm³/mol. The first kappa shape index (κ1) is 19.3. The van der Waals surface area contributed by atoms with Crippen molar-refractivity contribution in [1.82, 2.24) is 29.7 Å². The van der Waals surface area contributed by atoms with Gasteiger partial charge in [-0.15, -0.1) is 5.10 Å². The zero-order valence-corrected chi connectivity index (χ0v) is 16.4. The number of carbonyl (C=O) groups excluding carboxylic acids is 1. The molecule has 4 N–H and O–H groups in total. The Morgan fingerprint density at radius 3 is 3.00 bits per heavy atom. The summed E-state index contributed by atoms with van der Waals surface area (Å²) in [5, 5.41) is 19.9. The number of carbonyl (C=O) groups is 1. The van der Waals surface area contributed by atoms with Gasteiger partial charge in [0.25, 0.3) is 5.88 Å². The number of pyridine rings is 1. The molecule has 0 saturated carbocycles. The number of methoxy groups -OCH3 is 1. The molecule has 154 valence electrons. The molecule has 0 fully saturated rings. The van der Waals surface area contributed by atoms with Crippen LogP contribution < -0.4 is 15.4 Å². The third kappa shape index (κ3) is 3.53. The van der Waals surface area contributed by atoms with Gasteiger partial charge in [0.15, 0.2) is 5.82 Å². The average molecular weight is 408 g/mol. The van der Waals surface area contributed by atoms with Crippen LogP contribution in [-0.2, 0) is 11.3 Å². The summed E-state index contributed by atoms with van der Waals surface area (Å²) < 4.78 is 6.86. The van der Waals surface area contributed by atoms with Gasteiger partial charge in [-0.2, -0.15) is 0 Å². The second kappa shape index (κ2) is 8.17. The summed E-state index contributed by atoms with van der Waals surface area (Å²) in [6.07, 6.45) is 7.47. The second-order valence-corrected chi connectivity index (χ2v) is 6.44. The molecule has 4 aromatic heterocycles. The number of fused-ring (bicyclic) bond motifs is 1. The van der Waals surface area contributed by atoms with Crippen LogP contribution in [-0.4, -0.2) is 54.9 Å². The Hall–Kier alpha value is -3.99. The van der Waals surface area contributed by atoms with Gasteiger partial charge in [0.1, 0.15) is 5.69 Å². The van der Waals surface area contributed by atoms with Crippen LogP contribution >= 0.6 is 0 Å². The fraction of sp³-hybridized carbons (Fsp3) is 0.211. The maximum Gasteiger partial charge on any atom is 0.256 e. The van der Waals surface area contributed by atoms with Crippen LogP contribution in [0.3, 0.4) is 0 Å². The normalized spacial score (nSPS) is 10.9. The van der Waals surface area contributed by atoms with Crippen LogP contribution in [0.4, 0.5) is 17.5 Å². The monoisotopic (exact) mass is 408 g/mol. The van der Waals surface area contributed by atoms with Crippen molar-refractivity contribution in [2.45, 2.75) is 13.5 Å². The highest BCUT2D eigenvalue weighted by Gasteiger charge is 2.16. The van der Waals surface area contributed by atoms with E-state index in [-0.39, 0.29) is 6.61 Å². The Balaban J connectivity index is 1.72. The van der Waals surface area contributed by atoms with Gasteiger partial charge in [-0.25, -0.2) is 15.0 Å². The molecule has 11 heteroatoms. The smallest absolute Gasteiger partial charge is 0.256 e. The lowest BCUT2D eigenvalue weighted by Crippen LogP contribution is -2.02. The van der Waals surface area contributed by atoms with Gasteiger partial charge in [-0.3, -0.25) is 9.48 Å². The number of hydrogen-bond acceptors (Lipinski definition) is 8. The van der Waals surface area contributed by atoms with Crippen molar-refractivity contribution in [1.29, 1.82) is 0 Å². The largest absolute Gasteiger partial charge is 0.478 e. The number of aromatic nitrogens is 6. The molecular weight excluding hydrogens is 388 g/mol. The fourth-order valence-electron chi connectivity index (χ4n) is 3.17. The number of hydrogen-bond donors (Lipinski definition) is 4. The summed E-state index contributed by atoms with van der Waals surface area (Å²) in [5.74, 6) is 1.18. The highest BCUT2D eigenvalue weighted by molar-refractivity contribution is 6.01. The zero-order valence-electron chi connectivity index (χ0n) is 16.4. The average Bonchev–Trinajstić information content (AvgIpc) is 3.34. The minimum Gasteiger partial charge on any atom is -0.478 e. The van der Waals surface area contributed by atoms with Crippen LogP contribution in [0.15, 0.2) is 30.9 Å². The highest BCUT2D eigenvalue weighted by Crippen LogP contribution is 2.33. The summed E-state index contributed by atoms with van der Waals surface area (Å²) in [6.45, 7) is 2.23. The summed E-state index contributed by atoms with van der Waals surface area (Å²) in [5.41, 5.74) is 3.75. The third-order valence-corrected chi connectivity index (χ3v) is 4.52. The maximum atomic E-state index is 10.8. The number of ether oxygens (including phenoxy) is 1. The molecule has 0 aliphatic rings. The molecule has 1 amide bonds. The molecule has 0 aliphatic heterocycles. The van der Waals surface area contributed by atoms with E-state index >= 15 is 0 Å². The highest BCUT2D eigenvalue weighted by atomic mass is 16.5. The van der Waals surface area contributed by atoms with Crippen LogP contribution in [0.2, 0.25) is 0 Å². The minimum atomic E-state index is -0.0359. The molecule has 11 nitrogen and oxygen atoms in total. The second-order valence-electron chi connectivity index (χ2n) is 6.44. The van der Waals surface area contributed by atoms with Crippen LogP contribution in [0.5, 0.6) is 5.88 Å². The van der Waals surface area contributed by atoms with Gasteiger partial charge < -0.3 is 25.5 Å². The molecule has 30 heavy (non-hydrogen) atoms. The molecule has 0 aromatic carbocycles. The van der Waals surface area contributed by atoms with E-state index in [0.717, 1.165) is 22.2 Å². The third-order valence-electron chi connectivity index (χ3n) is 4.52. The van der Waals surface area contributed by atoms with E-state index in [9.17, 15) is 4.79 Å². The van der Waals surface area contributed by atoms with Crippen molar-refractivity contribution in [3.63, 3.8) is 0 Å². The zero-order chi connectivity index (χ0) is 21.1. The van der Waals surface area contributed by atoms with Gasteiger partial charge >= 0.3 is 0 Å². The lowest BCUT2D eigenvalue weighted by molar-refractivity contribution is -0.105. The van der Waals surface area contributed by atoms with Gasteiger partial charge in [0.05, 0.1) is 37.7 Å². The van der Waals surface area contributed by atoms with Crippen LogP contribution in [0.25, 0.3) is 22.2 Å². The molecule has 0 aliphatic carbocycles. The summed E-state index contributed by atoms with van der Waals surface area (Å²) >= 11 is 0. The van der Waals surface area contributed by atoms with Crippen LogP contribution in [0, 0.1) is 6.92 Å². The van der Waals surface area contributed by atoms with Gasteiger partial charge in [-0.05, 0) is 18.6 Å². The van der Waals surface area contributed by atoms with E-state index in [1.165, 1.54) is 7.11 Å².